The first kappa shape index (κ1) is 22.7. The summed E-state index contributed by atoms with van der Waals surface area (Å²) in [7, 11) is 0. The van der Waals surface area contributed by atoms with Gasteiger partial charge in [0.05, 0.1) is 29.6 Å². The number of aryl methyl sites for hydroxylation is 2. The number of rotatable bonds is 4. The minimum Gasteiger partial charge on any atom is -0.370 e. The average Bonchev–Trinajstić information content (AvgIpc) is 3.49. The molecule has 3 aromatic heterocycles. The molecule has 2 atom stereocenters. The van der Waals surface area contributed by atoms with E-state index >= 15 is 0 Å². The summed E-state index contributed by atoms with van der Waals surface area (Å²) < 4.78 is 8.12. The molecule has 4 aromatic rings. The van der Waals surface area contributed by atoms with Crippen LogP contribution in [0, 0.1) is 25.2 Å². The Kier molecular flexibility index (Phi) is 5.71. The third kappa shape index (κ3) is 4.23. The van der Waals surface area contributed by atoms with E-state index in [2.05, 4.69) is 77.1 Å². The lowest BCUT2D eigenvalue weighted by atomic mass is 10.0. The molecule has 2 aliphatic rings. The van der Waals surface area contributed by atoms with E-state index in [9.17, 15) is 5.26 Å². The maximum atomic E-state index is 9.43. The number of nitrogens with zero attached hydrogens (tertiary/aromatic N) is 6. The molecule has 1 fully saturated rings. The van der Waals surface area contributed by atoms with Gasteiger partial charge in [0.1, 0.15) is 11.8 Å². The number of nitriles is 1. The number of morpholine rings is 1. The van der Waals surface area contributed by atoms with Crippen LogP contribution in [-0.4, -0.2) is 51.3 Å². The van der Waals surface area contributed by atoms with E-state index < -0.39 is 0 Å². The highest BCUT2D eigenvalue weighted by atomic mass is 16.5. The Morgan fingerprint density at radius 3 is 2.58 bits per heavy atom. The van der Waals surface area contributed by atoms with Crippen molar-refractivity contribution in [3.63, 3.8) is 0 Å². The molecule has 2 aliphatic heterocycles. The highest BCUT2D eigenvalue weighted by Crippen LogP contribution is 2.31. The van der Waals surface area contributed by atoms with Gasteiger partial charge in [0, 0.05) is 44.1 Å². The summed E-state index contributed by atoms with van der Waals surface area (Å²) in [4.78, 5) is 9.39. The van der Waals surface area contributed by atoms with Gasteiger partial charge in [-0.25, -0.2) is 4.52 Å². The summed E-state index contributed by atoms with van der Waals surface area (Å²) in [5.74, 6) is 0. The quantitative estimate of drug-likeness (QED) is 0.430. The van der Waals surface area contributed by atoms with Crippen molar-refractivity contribution < 1.29 is 4.74 Å². The van der Waals surface area contributed by atoms with Gasteiger partial charge >= 0.3 is 0 Å². The molecular weight excluding hydrogens is 448 g/mol. The molecule has 0 bridgehead atoms. The van der Waals surface area contributed by atoms with Gasteiger partial charge in [-0.2, -0.15) is 10.4 Å². The molecule has 0 saturated carbocycles. The number of ether oxygens (including phenoxy) is 1. The molecule has 1 saturated heterocycles. The van der Waals surface area contributed by atoms with Crippen LogP contribution in [0.2, 0.25) is 0 Å². The van der Waals surface area contributed by atoms with Crippen molar-refractivity contribution in [1.29, 1.82) is 5.26 Å². The molecule has 1 aromatic carbocycles. The van der Waals surface area contributed by atoms with Gasteiger partial charge in [0.15, 0.2) is 0 Å². The summed E-state index contributed by atoms with van der Waals surface area (Å²) in [6, 6.07) is 19.3. The van der Waals surface area contributed by atoms with Gasteiger partial charge in [-0.15, -0.1) is 0 Å². The number of benzene rings is 1. The van der Waals surface area contributed by atoms with Gasteiger partial charge in [-0.1, -0.05) is 12.1 Å². The van der Waals surface area contributed by atoms with E-state index in [1.54, 1.807) is 10.7 Å². The van der Waals surface area contributed by atoms with Crippen LogP contribution in [0.3, 0.4) is 0 Å². The molecule has 0 spiro atoms. The molecule has 0 amide bonds. The van der Waals surface area contributed by atoms with Gasteiger partial charge in [-0.3, -0.25) is 9.88 Å². The Morgan fingerprint density at radius 1 is 0.972 bits per heavy atom. The summed E-state index contributed by atoms with van der Waals surface area (Å²) in [6.07, 6.45) is 1.98. The van der Waals surface area contributed by atoms with Crippen molar-refractivity contribution in [2.24, 2.45) is 0 Å². The Balaban J connectivity index is 1.18. The largest absolute Gasteiger partial charge is 0.370 e. The number of hydrogen-bond donors (Lipinski definition) is 0. The minimum absolute atomic E-state index is 0.103. The van der Waals surface area contributed by atoms with Crippen LogP contribution < -0.4 is 4.90 Å². The second kappa shape index (κ2) is 9.05. The number of anilines is 1. The van der Waals surface area contributed by atoms with E-state index in [0.717, 1.165) is 55.3 Å². The van der Waals surface area contributed by atoms with E-state index in [0.29, 0.717) is 5.69 Å². The molecule has 5 heterocycles. The second-order valence-corrected chi connectivity index (χ2v) is 10.1. The van der Waals surface area contributed by atoms with Crippen LogP contribution in [0.25, 0.3) is 16.6 Å². The van der Waals surface area contributed by atoms with E-state index in [1.165, 1.54) is 22.3 Å². The van der Waals surface area contributed by atoms with Crippen LogP contribution in [0.1, 0.15) is 35.1 Å². The Bertz CT molecular complexity index is 1460. The predicted molar refractivity (Wildman–Crippen MR) is 140 cm³/mol. The van der Waals surface area contributed by atoms with Crippen LogP contribution in [0.15, 0.2) is 54.7 Å². The van der Waals surface area contributed by atoms with E-state index in [4.69, 9.17) is 4.74 Å². The maximum Gasteiger partial charge on any atom is 0.142 e. The molecule has 7 nitrogen and oxygen atoms in total. The predicted octanol–water partition coefficient (Wildman–Crippen LogP) is 4.49. The number of fused-ring (bicyclic) bond motifs is 2. The summed E-state index contributed by atoms with van der Waals surface area (Å²) in [5.41, 5.74) is 9.99. The van der Waals surface area contributed by atoms with Crippen molar-refractivity contribution in [2.45, 2.75) is 46.1 Å². The Labute approximate surface area is 211 Å². The number of pyridine rings is 2. The smallest absolute Gasteiger partial charge is 0.142 e. The molecule has 7 heteroatoms. The van der Waals surface area contributed by atoms with Gasteiger partial charge in [-0.05, 0) is 79.4 Å². The molecular formula is C29H30N6O. The van der Waals surface area contributed by atoms with Gasteiger partial charge in [0.25, 0.3) is 0 Å². The number of aromatic nitrogens is 3. The fourth-order valence-electron chi connectivity index (χ4n) is 5.76. The van der Waals surface area contributed by atoms with Gasteiger partial charge < -0.3 is 9.64 Å². The van der Waals surface area contributed by atoms with Crippen molar-refractivity contribution in [1.82, 2.24) is 19.5 Å². The highest BCUT2D eigenvalue weighted by molar-refractivity contribution is 5.74. The SMILES string of the molecule is Cc1cc(-c2ccc3c(c2)CN(C[C@H]2CN(c4ccc(C#N)n5nccc45)C[C@@H](C)O2)C3)cc(C)n1. The third-order valence-electron chi connectivity index (χ3n) is 7.18. The van der Waals surface area contributed by atoms with Crippen LogP contribution in [-0.2, 0) is 17.8 Å². The van der Waals surface area contributed by atoms with E-state index in [1.807, 2.05) is 18.2 Å². The zero-order chi connectivity index (χ0) is 24.8. The summed E-state index contributed by atoms with van der Waals surface area (Å²) in [6.45, 7) is 10.6. The summed E-state index contributed by atoms with van der Waals surface area (Å²) in [5, 5.41) is 13.8. The molecule has 0 N–H and O–H groups in total. The maximum absolute atomic E-state index is 9.43. The lowest BCUT2D eigenvalue weighted by molar-refractivity contribution is -0.0329. The lowest BCUT2D eigenvalue weighted by Crippen LogP contribution is -2.50. The first-order chi connectivity index (χ1) is 17.5. The van der Waals surface area contributed by atoms with E-state index in [-0.39, 0.29) is 12.2 Å². The number of hydrogen-bond acceptors (Lipinski definition) is 6. The second-order valence-electron chi connectivity index (χ2n) is 10.1. The molecule has 0 radical (unpaired) electrons. The average molecular weight is 479 g/mol. The monoisotopic (exact) mass is 478 g/mol. The van der Waals surface area contributed by atoms with Crippen LogP contribution in [0.4, 0.5) is 5.69 Å². The topological polar surface area (TPSA) is 69.7 Å². The molecule has 6 rings (SSSR count). The third-order valence-corrected chi connectivity index (χ3v) is 7.18. The van der Waals surface area contributed by atoms with Crippen molar-refractivity contribution in [3.8, 4) is 17.2 Å². The first-order valence-electron chi connectivity index (χ1n) is 12.5. The zero-order valence-electron chi connectivity index (χ0n) is 21.0. The molecule has 0 aliphatic carbocycles. The first-order valence-corrected chi connectivity index (χ1v) is 12.5. The Morgan fingerprint density at radius 2 is 1.78 bits per heavy atom. The van der Waals surface area contributed by atoms with Crippen molar-refractivity contribution in [3.05, 3.63) is 82.9 Å². The van der Waals surface area contributed by atoms with Crippen molar-refractivity contribution in [2.75, 3.05) is 24.5 Å². The lowest BCUT2D eigenvalue weighted by Gasteiger charge is -2.39. The zero-order valence-corrected chi connectivity index (χ0v) is 21.0. The van der Waals surface area contributed by atoms with Crippen LogP contribution in [0.5, 0.6) is 0 Å². The minimum atomic E-state index is 0.103. The van der Waals surface area contributed by atoms with Crippen LogP contribution >= 0.6 is 0 Å². The molecule has 0 unspecified atom stereocenters. The van der Waals surface area contributed by atoms with Gasteiger partial charge in [0.2, 0.25) is 0 Å². The molecule has 182 valence electrons. The summed E-state index contributed by atoms with van der Waals surface area (Å²) >= 11 is 0. The normalized spacial score (nSPS) is 20.0. The Hall–Kier alpha value is -3.73. The molecule has 36 heavy (non-hydrogen) atoms. The fraction of sp³-hybridized carbons (Fsp3) is 0.345. The highest BCUT2D eigenvalue weighted by Gasteiger charge is 2.30. The fourth-order valence-corrected chi connectivity index (χ4v) is 5.76. The van der Waals surface area contributed by atoms with Crippen molar-refractivity contribution >= 4 is 11.2 Å². The standard InChI is InChI=1S/C29H30N6O/c1-19-10-24(11-20(2)32-19)22-4-5-23-15-33(16-25(23)12-22)17-27-18-34(14-21(3)36-27)28-7-6-26(13-30)35-29(28)8-9-31-35/h4-12,21,27H,14-18H2,1-3H3/t21-,27+/m1/s1.